The minimum atomic E-state index is -0.598. The van der Waals surface area contributed by atoms with Crippen molar-refractivity contribution >= 4 is 34.2 Å². The number of H-pyrrole nitrogens is 1. The van der Waals surface area contributed by atoms with Crippen molar-refractivity contribution in [1.29, 1.82) is 0 Å². The van der Waals surface area contributed by atoms with Gasteiger partial charge in [-0.25, -0.2) is 4.98 Å². The molecule has 0 bridgehead atoms. The quantitative estimate of drug-likeness (QED) is 0.635. The molecule has 6 nitrogen and oxygen atoms in total. The first-order valence-corrected chi connectivity index (χ1v) is 8.98. The molecule has 0 fully saturated rings. The number of nitrogens with one attached hydrogen (secondary N) is 3. The third-order valence-electron chi connectivity index (χ3n) is 3.85. The second-order valence-electron chi connectivity index (χ2n) is 6.09. The molecule has 3 rings (SSSR count). The summed E-state index contributed by atoms with van der Waals surface area (Å²) in [5, 5.41) is 7.49. The lowest BCUT2D eigenvalue weighted by Gasteiger charge is -2.21. The maximum Gasteiger partial charge on any atom is 0.262 e. The second kappa shape index (κ2) is 7.48. The van der Waals surface area contributed by atoms with Crippen molar-refractivity contribution < 1.29 is 9.59 Å². The highest BCUT2D eigenvalue weighted by atomic mass is 32.1. The largest absolute Gasteiger partial charge is 0.347 e. The Morgan fingerprint density at radius 1 is 1.20 bits per heavy atom. The Labute approximate surface area is 149 Å². The molecule has 25 heavy (non-hydrogen) atoms. The molecule has 1 atom stereocenters. The number of imidazole rings is 1. The van der Waals surface area contributed by atoms with E-state index in [1.807, 2.05) is 49.6 Å². The molecule has 0 aliphatic heterocycles. The van der Waals surface area contributed by atoms with E-state index in [0.717, 1.165) is 11.0 Å². The molecular formula is C18H20N4O2S. The number of benzene rings is 1. The first-order valence-electron chi connectivity index (χ1n) is 8.10. The SMILES string of the molecule is CC(C)C(NC(=O)c1cccs1)C(=O)NCc1nc2ccccc2[nH]1. The Morgan fingerprint density at radius 2 is 2.00 bits per heavy atom. The third-order valence-corrected chi connectivity index (χ3v) is 4.72. The van der Waals surface area contributed by atoms with Crippen LogP contribution in [0.2, 0.25) is 0 Å². The molecule has 130 valence electrons. The zero-order valence-electron chi connectivity index (χ0n) is 14.1. The molecule has 2 heterocycles. The summed E-state index contributed by atoms with van der Waals surface area (Å²) in [6, 6.07) is 10.6. The van der Waals surface area contributed by atoms with Crippen LogP contribution >= 0.6 is 11.3 Å². The van der Waals surface area contributed by atoms with Crippen LogP contribution in [0.4, 0.5) is 0 Å². The molecule has 0 radical (unpaired) electrons. The Bertz CT molecular complexity index is 837. The van der Waals surface area contributed by atoms with Crippen LogP contribution in [0.5, 0.6) is 0 Å². The number of carbonyl (C=O) groups is 2. The van der Waals surface area contributed by atoms with Crippen molar-refractivity contribution in [1.82, 2.24) is 20.6 Å². The van der Waals surface area contributed by atoms with Gasteiger partial charge in [0.2, 0.25) is 5.91 Å². The van der Waals surface area contributed by atoms with Crippen LogP contribution < -0.4 is 10.6 Å². The van der Waals surface area contributed by atoms with Crippen LogP contribution in [-0.4, -0.2) is 27.8 Å². The van der Waals surface area contributed by atoms with Gasteiger partial charge in [-0.15, -0.1) is 11.3 Å². The molecule has 1 aromatic carbocycles. The lowest BCUT2D eigenvalue weighted by Crippen LogP contribution is -2.49. The van der Waals surface area contributed by atoms with E-state index in [1.54, 1.807) is 6.07 Å². The number of hydrogen-bond donors (Lipinski definition) is 3. The molecule has 2 amide bonds. The molecule has 1 unspecified atom stereocenters. The lowest BCUT2D eigenvalue weighted by atomic mass is 10.0. The van der Waals surface area contributed by atoms with Crippen LogP contribution in [0.15, 0.2) is 41.8 Å². The van der Waals surface area contributed by atoms with Gasteiger partial charge in [-0.3, -0.25) is 9.59 Å². The highest BCUT2D eigenvalue weighted by Gasteiger charge is 2.25. The van der Waals surface area contributed by atoms with Gasteiger partial charge in [0, 0.05) is 0 Å². The molecular weight excluding hydrogens is 336 g/mol. The molecule has 0 aliphatic rings. The minimum Gasteiger partial charge on any atom is -0.347 e. The standard InChI is InChI=1S/C18H20N4O2S/c1-11(2)16(22-17(23)14-8-5-9-25-14)18(24)19-10-15-20-12-6-3-4-7-13(12)21-15/h3-9,11,16H,10H2,1-2H3,(H,19,24)(H,20,21)(H,22,23). The summed E-state index contributed by atoms with van der Waals surface area (Å²) in [4.78, 5) is 32.9. The maximum atomic E-state index is 12.5. The molecule has 7 heteroatoms. The van der Waals surface area contributed by atoms with Crippen LogP contribution in [-0.2, 0) is 11.3 Å². The maximum absolute atomic E-state index is 12.5. The van der Waals surface area contributed by atoms with Crippen molar-refractivity contribution in [2.24, 2.45) is 5.92 Å². The van der Waals surface area contributed by atoms with Gasteiger partial charge in [0.05, 0.1) is 22.5 Å². The van der Waals surface area contributed by atoms with Gasteiger partial charge in [0.15, 0.2) is 0 Å². The van der Waals surface area contributed by atoms with Gasteiger partial charge >= 0.3 is 0 Å². The van der Waals surface area contributed by atoms with E-state index in [-0.39, 0.29) is 24.3 Å². The number of nitrogens with zero attached hydrogens (tertiary/aromatic N) is 1. The Kier molecular flexibility index (Phi) is 5.14. The lowest BCUT2D eigenvalue weighted by molar-refractivity contribution is -0.124. The predicted octanol–water partition coefficient (Wildman–Crippen LogP) is 2.70. The van der Waals surface area contributed by atoms with Crippen LogP contribution in [0.3, 0.4) is 0 Å². The summed E-state index contributed by atoms with van der Waals surface area (Å²) < 4.78 is 0. The van der Waals surface area contributed by atoms with E-state index in [4.69, 9.17) is 0 Å². The van der Waals surface area contributed by atoms with Crippen LogP contribution in [0, 0.1) is 5.92 Å². The average Bonchev–Trinajstić information content (AvgIpc) is 3.25. The number of para-hydroxylation sites is 2. The van der Waals surface area contributed by atoms with Gasteiger partial charge in [-0.2, -0.15) is 0 Å². The molecule has 0 saturated heterocycles. The number of aromatic nitrogens is 2. The van der Waals surface area contributed by atoms with Crippen LogP contribution in [0.1, 0.15) is 29.3 Å². The molecule has 3 N–H and O–H groups in total. The van der Waals surface area contributed by atoms with E-state index in [0.29, 0.717) is 10.7 Å². The van der Waals surface area contributed by atoms with E-state index < -0.39 is 6.04 Å². The zero-order valence-corrected chi connectivity index (χ0v) is 14.9. The van der Waals surface area contributed by atoms with Gasteiger partial charge in [0.25, 0.3) is 5.91 Å². The molecule has 0 saturated carbocycles. The first kappa shape index (κ1) is 17.2. The minimum absolute atomic E-state index is 0.0282. The molecule has 3 aromatic rings. The second-order valence-corrected chi connectivity index (χ2v) is 7.04. The number of fused-ring (bicyclic) bond motifs is 1. The van der Waals surface area contributed by atoms with E-state index >= 15 is 0 Å². The number of rotatable bonds is 6. The summed E-state index contributed by atoms with van der Waals surface area (Å²) in [6.07, 6.45) is 0. The number of carbonyl (C=O) groups excluding carboxylic acids is 2. The summed E-state index contributed by atoms with van der Waals surface area (Å²) in [5.41, 5.74) is 1.79. The predicted molar refractivity (Wildman–Crippen MR) is 98.4 cm³/mol. The summed E-state index contributed by atoms with van der Waals surface area (Å²) >= 11 is 1.35. The average molecular weight is 356 g/mol. The van der Waals surface area contributed by atoms with Gasteiger partial charge in [-0.05, 0) is 29.5 Å². The van der Waals surface area contributed by atoms with E-state index in [1.165, 1.54) is 11.3 Å². The number of hydrogen-bond acceptors (Lipinski definition) is 4. The number of thiophene rings is 1. The molecule has 0 aliphatic carbocycles. The van der Waals surface area contributed by atoms with Gasteiger partial charge in [0.1, 0.15) is 11.9 Å². The monoisotopic (exact) mass is 356 g/mol. The van der Waals surface area contributed by atoms with E-state index in [2.05, 4.69) is 20.6 Å². The van der Waals surface area contributed by atoms with E-state index in [9.17, 15) is 9.59 Å². The van der Waals surface area contributed by atoms with Gasteiger partial charge in [-0.1, -0.05) is 32.0 Å². The smallest absolute Gasteiger partial charge is 0.262 e. The fourth-order valence-corrected chi connectivity index (χ4v) is 3.15. The molecule has 2 aromatic heterocycles. The van der Waals surface area contributed by atoms with Gasteiger partial charge < -0.3 is 15.6 Å². The highest BCUT2D eigenvalue weighted by Crippen LogP contribution is 2.12. The fourth-order valence-electron chi connectivity index (χ4n) is 2.53. The zero-order chi connectivity index (χ0) is 17.8. The summed E-state index contributed by atoms with van der Waals surface area (Å²) in [6.45, 7) is 4.09. The van der Waals surface area contributed by atoms with Crippen LogP contribution in [0.25, 0.3) is 11.0 Å². The fraction of sp³-hybridized carbons (Fsp3) is 0.278. The Hall–Kier alpha value is -2.67. The first-order chi connectivity index (χ1) is 12.0. The number of amides is 2. The summed E-state index contributed by atoms with van der Waals surface area (Å²) in [7, 11) is 0. The highest BCUT2D eigenvalue weighted by molar-refractivity contribution is 7.12. The van der Waals surface area contributed by atoms with Crippen molar-refractivity contribution in [2.75, 3.05) is 0 Å². The van der Waals surface area contributed by atoms with Crippen molar-refractivity contribution in [3.63, 3.8) is 0 Å². The van der Waals surface area contributed by atoms with Crippen molar-refractivity contribution in [2.45, 2.75) is 26.4 Å². The Balaban J connectivity index is 1.63. The topological polar surface area (TPSA) is 86.9 Å². The normalized spacial score (nSPS) is 12.3. The molecule has 0 spiro atoms. The third kappa shape index (κ3) is 4.06. The Morgan fingerprint density at radius 3 is 2.68 bits per heavy atom. The van der Waals surface area contributed by atoms with Crippen molar-refractivity contribution in [3.8, 4) is 0 Å². The summed E-state index contributed by atoms with van der Waals surface area (Å²) in [5.74, 6) is 0.203. The number of aromatic amines is 1. The van der Waals surface area contributed by atoms with Crippen molar-refractivity contribution in [3.05, 3.63) is 52.5 Å².